The highest BCUT2D eigenvalue weighted by atomic mass is 19.3. The van der Waals surface area contributed by atoms with Gasteiger partial charge in [-0.3, -0.25) is 4.57 Å². The van der Waals surface area contributed by atoms with Crippen LogP contribution in [0, 0.1) is 0 Å². The Morgan fingerprint density at radius 3 is 2.85 bits per heavy atom. The van der Waals surface area contributed by atoms with Crippen molar-refractivity contribution in [2.24, 2.45) is 0 Å². The summed E-state index contributed by atoms with van der Waals surface area (Å²) < 4.78 is 37.0. The number of aromatic nitrogens is 2. The quantitative estimate of drug-likeness (QED) is 0.936. The Labute approximate surface area is 114 Å². The van der Waals surface area contributed by atoms with E-state index in [1.54, 1.807) is 12.1 Å². The van der Waals surface area contributed by atoms with E-state index in [0.717, 1.165) is 10.3 Å². The van der Waals surface area contributed by atoms with Gasteiger partial charge in [-0.05, 0) is 12.1 Å². The molecule has 3 rings (SSSR count). The summed E-state index contributed by atoms with van der Waals surface area (Å²) in [4.78, 5) is 3.90. The molecule has 0 unspecified atom stereocenters. The van der Waals surface area contributed by atoms with Crippen LogP contribution >= 0.6 is 0 Å². The van der Waals surface area contributed by atoms with Gasteiger partial charge in [0.2, 0.25) is 0 Å². The van der Waals surface area contributed by atoms with Gasteiger partial charge in [-0.1, -0.05) is 0 Å². The van der Waals surface area contributed by atoms with Crippen molar-refractivity contribution in [3.05, 3.63) is 36.4 Å². The number of alkyl halides is 2. The molecule has 0 atom stereocenters. The average molecular weight is 281 g/mol. The molecule has 106 valence electrons. The maximum atomic E-state index is 12.7. The van der Waals surface area contributed by atoms with Gasteiger partial charge >= 0.3 is 6.55 Å². The van der Waals surface area contributed by atoms with Crippen LogP contribution in [0.25, 0.3) is 0 Å². The third-order valence-corrected chi connectivity index (χ3v) is 2.95. The average Bonchev–Trinajstić information content (AvgIpc) is 2.93. The normalized spacial score (nSPS) is 13.6. The molecule has 0 aliphatic carbocycles. The number of benzene rings is 1. The lowest BCUT2D eigenvalue weighted by atomic mass is 10.2. The minimum Gasteiger partial charge on any atom is -0.486 e. The summed E-state index contributed by atoms with van der Waals surface area (Å²) in [5.41, 5.74) is 0.762. The van der Waals surface area contributed by atoms with Crippen molar-refractivity contribution in [3.63, 3.8) is 0 Å². The molecule has 0 saturated carbocycles. The van der Waals surface area contributed by atoms with Gasteiger partial charge < -0.3 is 14.8 Å². The zero-order valence-electron chi connectivity index (χ0n) is 10.6. The van der Waals surface area contributed by atoms with E-state index in [1.165, 1.54) is 12.4 Å². The summed E-state index contributed by atoms with van der Waals surface area (Å²) in [5.74, 6) is 1.62. The van der Waals surface area contributed by atoms with E-state index in [0.29, 0.717) is 24.7 Å². The fourth-order valence-electron chi connectivity index (χ4n) is 1.99. The Morgan fingerprint density at radius 2 is 2.05 bits per heavy atom. The van der Waals surface area contributed by atoms with E-state index in [1.807, 2.05) is 6.07 Å². The van der Waals surface area contributed by atoms with Crippen molar-refractivity contribution in [3.8, 4) is 11.5 Å². The molecule has 2 aromatic rings. The molecular weight excluding hydrogens is 268 g/mol. The van der Waals surface area contributed by atoms with Gasteiger partial charge in [-0.15, -0.1) is 0 Å². The highest BCUT2D eigenvalue weighted by Crippen LogP contribution is 2.32. The van der Waals surface area contributed by atoms with Crippen molar-refractivity contribution in [1.82, 2.24) is 9.55 Å². The molecule has 0 amide bonds. The molecule has 1 aliphatic heterocycles. The molecule has 2 heterocycles. The maximum Gasteiger partial charge on any atom is 0.319 e. The van der Waals surface area contributed by atoms with Crippen molar-refractivity contribution < 1.29 is 18.3 Å². The lowest BCUT2D eigenvalue weighted by Gasteiger charge is -2.19. The molecule has 20 heavy (non-hydrogen) atoms. The van der Waals surface area contributed by atoms with Crippen LogP contribution in [0.5, 0.6) is 11.5 Å². The summed E-state index contributed by atoms with van der Waals surface area (Å²) in [6.45, 7) is -1.34. The van der Waals surface area contributed by atoms with Gasteiger partial charge in [-0.2, -0.15) is 8.78 Å². The Kier molecular flexibility index (Phi) is 3.41. The SMILES string of the molecule is FC(F)n1ccnc1CNc1ccc2c(c1)OCCO2. The monoisotopic (exact) mass is 281 g/mol. The second kappa shape index (κ2) is 5.36. The Bertz CT molecular complexity index is 601. The van der Waals surface area contributed by atoms with Gasteiger partial charge in [0.05, 0.1) is 6.54 Å². The van der Waals surface area contributed by atoms with E-state index in [-0.39, 0.29) is 12.4 Å². The van der Waals surface area contributed by atoms with Crippen LogP contribution in [0.15, 0.2) is 30.6 Å². The molecule has 0 fully saturated rings. The van der Waals surface area contributed by atoms with Crippen LogP contribution in [0.4, 0.5) is 14.5 Å². The number of hydrogen-bond donors (Lipinski definition) is 1. The first kappa shape index (κ1) is 12.7. The van der Waals surface area contributed by atoms with Gasteiger partial charge in [0.25, 0.3) is 0 Å². The number of nitrogens with one attached hydrogen (secondary N) is 1. The van der Waals surface area contributed by atoms with Gasteiger partial charge in [0.15, 0.2) is 11.5 Å². The van der Waals surface area contributed by atoms with E-state index < -0.39 is 6.55 Å². The van der Waals surface area contributed by atoms with E-state index >= 15 is 0 Å². The summed E-state index contributed by atoms with van der Waals surface area (Å²) in [7, 11) is 0. The fourth-order valence-corrected chi connectivity index (χ4v) is 1.99. The van der Waals surface area contributed by atoms with Gasteiger partial charge in [0.1, 0.15) is 19.0 Å². The Hall–Kier alpha value is -2.31. The molecule has 0 spiro atoms. The minimum atomic E-state index is -2.59. The molecule has 1 aromatic heterocycles. The van der Waals surface area contributed by atoms with Crippen LogP contribution in [0.2, 0.25) is 0 Å². The zero-order valence-corrected chi connectivity index (χ0v) is 10.6. The van der Waals surface area contributed by atoms with Crippen molar-refractivity contribution in [2.45, 2.75) is 13.1 Å². The van der Waals surface area contributed by atoms with E-state index in [9.17, 15) is 8.78 Å². The number of anilines is 1. The third-order valence-electron chi connectivity index (χ3n) is 2.95. The molecule has 5 nitrogen and oxygen atoms in total. The maximum absolute atomic E-state index is 12.7. The van der Waals surface area contributed by atoms with Gasteiger partial charge in [0, 0.05) is 24.1 Å². The number of fused-ring (bicyclic) bond motifs is 1. The summed E-state index contributed by atoms with van der Waals surface area (Å²) in [5, 5.41) is 3.04. The largest absolute Gasteiger partial charge is 0.486 e. The number of hydrogen-bond acceptors (Lipinski definition) is 4. The Morgan fingerprint density at radius 1 is 1.25 bits per heavy atom. The van der Waals surface area contributed by atoms with Crippen molar-refractivity contribution in [1.29, 1.82) is 0 Å². The first-order valence-corrected chi connectivity index (χ1v) is 6.17. The second-order valence-corrected chi connectivity index (χ2v) is 4.24. The van der Waals surface area contributed by atoms with Crippen LogP contribution in [-0.4, -0.2) is 22.8 Å². The Balaban J connectivity index is 1.70. The van der Waals surface area contributed by atoms with E-state index in [4.69, 9.17) is 9.47 Å². The molecule has 1 N–H and O–H groups in total. The number of rotatable bonds is 4. The summed E-state index contributed by atoms with van der Waals surface area (Å²) >= 11 is 0. The molecule has 1 aromatic carbocycles. The van der Waals surface area contributed by atoms with Crippen LogP contribution in [-0.2, 0) is 6.54 Å². The van der Waals surface area contributed by atoms with Crippen LogP contribution in [0.1, 0.15) is 12.4 Å². The predicted octanol–water partition coefficient (Wildman–Crippen LogP) is 2.66. The van der Waals surface area contributed by atoms with E-state index in [2.05, 4.69) is 10.3 Å². The first-order chi connectivity index (χ1) is 9.74. The number of nitrogens with zero attached hydrogens (tertiary/aromatic N) is 2. The summed E-state index contributed by atoms with van der Waals surface area (Å²) in [6.07, 6.45) is 2.61. The molecule has 7 heteroatoms. The zero-order chi connectivity index (χ0) is 13.9. The smallest absolute Gasteiger partial charge is 0.319 e. The molecule has 1 aliphatic rings. The third kappa shape index (κ3) is 2.52. The highest BCUT2D eigenvalue weighted by molar-refractivity contribution is 5.55. The standard InChI is InChI=1S/C13H13F2N3O2/c14-13(15)18-4-3-16-12(18)8-17-9-1-2-10-11(7-9)20-6-5-19-10/h1-4,7,13,17H,5-6,8H2. The molecule has 0 bridgehead atoms. The summed E-state index contributed by atoms with van der Waals surface area (Å²) in [6, 6.07) is 5.38. The second-order valence-electron chi connectivity index (χ2n) is 4.24. The first-order valence-electron chi connectivity index (χ1n) is 6.17. The van der Waals surface area contributed by atoms with Crippen LogP contribution in [0.3, 0.4) is 0 Å². The minimum absolute atomic E-state index is 0.205. The van der Waals surface area contributed by atoms with Crippen LogP contribution < -0.4 is 14.8 Å². The van der Waals surface area contributed by atoms with Crippen molar-refractivity contribution in [2.75, 3.05) is 18.5 Å². The molecule has 0 saturated heterocycles. The highest BCUT2D eigenvalue weighted by Gasteiger charge is 2.13. The van der Waals surface area contributed by atoms with Crippen molar-refractivity contribution >= 4 is 5.69 Å². The number of ether oxygens (including phenoxy) is 2. The molecular formula is C13H13F2N3O2. The molecule has 0 radical (unpaired) electrons. The number of imidazole rings is 1. The topological polar surface area (TPSA) is 48.3 Å². The lowest BCUT2D eigenvalue weighted by molar-refractivity contribution is 0.0673. The fraction of sp³-hybridized carbons (Fsp3) is 0.308. The predicted molar refractivity (Wildman–Crippen MR) is 68.2 cm³/mol. The number of halogens is 2. The van der Waals surface area contributed by atoms with Gasteiger partial charge in [-0.25, -0.2) is 4.98 Å². The lowest BCUT2D eigenvalue weighted by Crippen LogP contribution is -2.15.